The Morgan fingerprint density at radius 3 is 2.53 bits per heavy atom. The molecule has 51 heavy (non-hydrogen) atoms. The summed E-state index contributed by atoms with van der Waals surface area (Å²) in [6.07, 6.45) is 6.34. The average Bonchev–Trinajstić information content (AvgIpc) is 3.97. The minimum absolute atomic E-state index is 0.0145. The molecule has 0 unspecified atom stereocenters. The van der Waals surface area contributed by atoms with E-state index in [0.717, 1.165) is 11.8 Å². The summed E-state index contributed by atoms with van der Waals surface area (Å²) in [4.78, 5) is 60.2. The number of carboxylic acid groups (broad SMARTS) is 1. The third kappa shape index (κ3) is 7.35. The van der Waals surface area contributed by atoms with E-state index in [1.807, 2.05) is 57.2 Å². The molecule has 276 valence electrons. The number of rotatable bonds is 8. The molecule has 3 fully saturated rings. The Morgan fingerprint density at radius 2 is 1.84 bits per heavy atom. The Hall–Kier alpha value is -4.40. The smallest absolute Gasteiger partial charge is 0.405 e. The highest BCUT2D eigenvalue weighted by Gasteiger charge is 2.63. The summed E-state index contributed by atoms with van der Waals surface area (Å²) >= 11 is 0. The van der Waals surface area contributed by atoms with Crippen LogP contribution in [-0.2, 0) is 24.4 Å². The Bertz CT molecular complexity index is 1850. The van der Waals surface area contributed by atoms with Crippen molar-refractivity contribution in [2.75, 3.05) is 13.2 Å². The fourth-order valence-electron chi connectivity index (χ4n) is 7.21. The van der Waals surface area contributed by atoms with Crippen molar-refractivity contribution in [3.05, 3.63) is 42.6 Å². The topological polar surface area (TPSA) is 193 Å². The number of carbonyl (C=O) groups is 4. The predicted octanol–water partition coefficient (Wildman–Crippen LogP) is 3.50. The van der Waals surface area contributed by atoms with Crippen LogP contribution in [0.3, 0.4) is 0 Å². The Balaban J connectivity index is 1.34. The van der Waals surface area contributed by atoms with Crippen LogP contribution in [0.1, 0.15) is 72.6 Å². The van der Waals surface area contributed by atoms with Gasteiger partial charge in [-0.3, -0.25) is 19.1 Å². The lowest BCUT2D eigenvalue weighted by atomic mass is 9.92. The van der Waals surface area contributed by atoms with Gasteiger partial charge in [-0.1, -0.05) is 50.6 Å². The highest BCUT2D eigenvalue weighted by molar-refractivity contribution is 7.91. The minimum Gasteiger partial charge on any atom is -0.492 e. The standard InChI is InChI=1S/C36H47N5O9S/c1-5-49-28-19-37-31(26-12-7-6-11-25(26)28)50-24-17-27-30(42)39-36(33(44)40-51(47,48)35(4)15-16-35)18-23(36)14-13-21(2)9-8-10-22(3)29(38-34(45)46)32(43)41(27)20-24/h6-7,11-14,19,21-24,27,29,38H,5,8-10,15-18,20H2,1-4H3,(H,39,42)(H,40,44)(H,45,46)/b14-13-/t21-,22-,23-,24-,27+,29+,36-/m1/s1. The van der Waals surface area contributed by atoms with Crippen LogP contribution >= 0.6 is 0 Å². The number of nitrogens with one attached hydrogen (secondary N) is 3. The van der Waals surface area contributed by atoms with E-state index in [1.54, 1.807) is 13.1 Å². The number of allylic oxidation sites excluding steroid dienone is 1. The van der Waals surface area contributed by atoms with Crippen LogP contribution in [0.15, 0.2) is 42.6 Å². The van der Waals surface area contributed by atoms with Crippen LogP contribution in [0.4, 0.5) is 4.79 Å². The van der Waals surface area contributed by atoms with Crippen LogP contribution in [0.25, 0.3) is 10.8 Å². The van der Waals surface area contributed by atoms with E-state index in [-0.39, 0.29) is 31.2 Å². The van der Waals surface area contributed by atoms with Gasteiger partial charge in [0.25, 0.3) is 5.91 Å². The maximum absolute atomic E-state index is 14.3. The summed E-state index contributed by atoms with van der Waals surface area (Å²) in [5.74, 6) is -1.98. The van der Waals surface area contributed by atoms with Gasteiger partial charge >= 0.3 is 6.09 Å². The zero-order valence-corrected chi connectivity index (χ0v) is 30.2. The largest absolute Gasteiger partial charge is 0.492 e. The van der Waals surface area contributed by atoms with Gasteiger partial charge in [0.1, 0.15) is 29.5 Å². The van der Waals surface area contributed by atoms with Gasteiger partial charge in [-0.05, 0) is 63.9 Å². The second-order valence-electron chi connectivity index (χ2n) is 14.7. The van der Waals surface area contributed by atoms with E-state index in [4.69, 9.17) is 9.47 Å². The van der Waals surface area contributed by atoms with Gasteiger partial charge in [0.05, 0.1) is 24.1 Å². The van der Waals surface area contributed by atoms with Crippen molar-refractivity contribution in [1.29, 1.82) is 0 Å². The summed E-state index contributed by atoms with van der Waals surface area (Å²) in [7, 11) is -4.00. The molecule has 1 aromatic heterocycles. The second kappa shape index (κ2) is 14.0. The first kappa shape index (κ1) is 36.4. The molecule has 2 aliphatic carbocycles. The van der Waals surface area contributed by atoms with Crippen LogP contribution < -0.4 is 24.8 Å². The molecule has 2 aromatic rings. The van der Waals surface area contributed by atoms with Crippen LogP contribution in [0.2, 0.25) is 0 Å². The fraction of sp³-hybridized carbons (Fsp3) is 0.583. The molecular weight excluding hydrogens is 678 g/mol. The van der Waals surface area contributed by atoms with Crippen molar-refractivity contribution < 1.29 is 42.2 Å². The molecule has 4 aliphatic rings. The zero-order chi connectivity index (χ0) is 36.7. The van der Waals surface area contributed by atoms with Gasteiger partial charge < -0.3 is 30.1 Å². The summed E-state index contributed by atoms with van der Waals surface area (Å²) in [5.41, 5.74) is -1.54. The molecule has 6 rings (SSSR count). The number of hydrogen-bond acceptors (Lipinski definition) is 9. The van der Waals surface area contributed by atoms with Crippen LogP contribution in [-0.4, -0.2) is 88.8 Å². The summed E-state index contributed by atoms with van der Waals surface area (Å²) < 4.78 is 39.6. The predicted molar refractivity (Wildman–Crippen MR) is 187 cm³/mol. The SMILES string of the molecule is CCOc1cnc(O[C@@H]2C[C@H]3C(=O)N[C@]4(C(=O)NS(=O)(=O)C5(C)CC5)C[C@H]4/C=C\[C@H](C)CCC[C@@H](C)[C@H](NC(=O)O)C(=O)N3C2)c2ccccc12. The third-order valence-corrected chi connectivity index (χ3v) is 13.0. The first-order chi connectivity index (χ1) is 24.2. The zero-order valence-electron chi connectivity index (χ0n) is 29.4. The molecule has 2 saturated carbocycles. The Labute approximate surface area is 297 Å². The van der Waals surface area contributed by atoms with E-state index in [2.05, 4.69) is 20.3 Å². The van der Waals surface area contributed by atoms with E-state index in [1.165, 1.54) is 4.90 Å². The van der Waals surface area contributed by atoms with E-state index in [9.17, 15) is 32.7 Å². The lowest BCUT2D eigenvalue weighted by Gasteiger charge is -2.31. The van der Waals surface area contributed by atoms with Gasteiger partial charge in [0, 0.05) is 23.1 Å². The number of fused-ring (bicyclic) bond motifs is 3. The number of sulfonamides is 1. The number of amides is 4. The van der Waals surface area contributed by atoms with E-state index >= 15 is 0 Å². The van der Waals surface area contributed by atoms with E-state index < -0.39 is 74.1 Å². The van der Waals surface area contributed by atoms with Gasteiger partial charge in [0.15, 0.2) is 0 Å². The van der Waals surface area contributed by atoms with Crippen molar-refractivity contribution in [1.82, 2.24) is 25.2 Å². The lowest BCUT2D eigenvalue weighted by molar-refractivity contribution is -0.142. The highest BCUT2D eigenvalue weighted by Crippen LogP contribution is 2.48. The molecule has 15 heteroatoms. The molecule has 4 N–H and O–H groups in total. The summed E-state index contributed by atoms with van der Waals surface area (Å²) in [5, 5.41) is 16.4. The van der Waals surface area contributed by atoms with Gasteiger partial charge in [-0.2, -0.15) is 0 Å². The molecule has 1 aromatic carbocycles. The lowest BCUT2D eigenvalue weighted by Crippen LogP contribution is -2.59. The highest BCUT2D eigenvalue weighted by atomic mass is 32.2. The molecule has 14 nitrogen and oxygen atoms in total. The average molecular weight is 726 g/mol. The monoisotopic (exact) mass is 725 g/mol. The summed E-state index contributed by atoms with van der Waals surface area (Å²) in [6.45, 7) is 7.64. The first-order valence-electron chi connectivity index (χ1n) is 17.7. The molecule has 0 radical (unpaired) electrons. The van der Waals surface area contributed by atoms with Gasteiger partial charge in [-0.15, -0.1) is 0 Å². The van der Waals surface area contributed by atoms with Crippen LogP contribution in [0, 0.1) is 17.8 Å². The van der Waals surface area contributed by atoms with Crippen molar-refractivity contribution in [3.63, 3.8) is 0 Å². The van der Waals surface area contributed by atoms with Crippen molar-refractivity contribution in [2.45, 2.75) is 101 Å². The fourth-order valence-corrected chi connectivity index (χ4v) is 8.52. The van der Waals surface area contributed by atoms with E-state index in [0.29, 0.717) is 43.4 Å². The summed E-state index contributed by atoms with van der Waals surface area (Å²) in [6, 6.07) is 5.11. The molecule has 2 aliphatic heterocycles. The number of hydrogen-bond donors (Lipinski definition) is 4. The van der Waals surface area contributed by atoms with Crippen molar-refractivity contribution >= 4 is 44.6 Å². The second-order valence-corrected chi connectivity index (χ2v) is 16.9. The van der Waals surface area contributed by atoms with Gasteiger partial charge in [-0.25, -0.2) is 18.2 Å². The Morgan fingerprint density at radius 1 is 1.12 bits per heavy atom. The number of benzene rings is 1. The molecular formula is C36H47N5O9S. The normalized spacial score (nSPS) is 31.2. The molecule has 4 amide bonds. The number of carbonyl (C=O) groups excluding carboxylic acids is 3. The van der Waals surface area contributed by atoms with Gasteiger partial charge in [0.2, 0.25) is 27.7 Å². The molecule has 7 atom stereocenters. The van der Waals surface area contributed by atoms with Crippen LogP contribution in [0.5, 0.6) is 11.6 Å². The molecule has 1 saturated heterocycles. The number of aromatic nitrogens is 1. The number of nitrogens with zero attached hydrogens (tertiary/aromatic N) is 2. The molecule has 0 bridgehead atoms. The van der Waals surface area contributed by atoms with Crippen molar-refractivity contribution in [2.24, 2.45) is 17.8 Å². The van der Waals surface area contributed by atoms with Crippen molar-refractivity contribution in [3.8, 4) is 11.6 Å². The number of pyridine rings is 1. The maximum atomic E-state index is 14.3. The minimum atomic E-state index is -4.00. The maximum Gasteiger partial charge on any atom is 0.405 e. The quantitative estimate of drug-likeness (QED) is 0.293. The Kier molecular flexibility index (Phi) is 9.96. The molecule has 3 heterocycles. The first-order valence-corrected chi connectivity index (χ1v) is 19.2. The molecule has 0 spiro atoms. The number of ether oxygens (including phenoxy) is 2. The third-order valence-electron chi connectivity index (χ3n) is 10.8.